The molecular weight excluding hydrogens is 348 g/mol. The first-order valence-electron chi connectivity index (χ1n) is 11.0. The highest BCUT2D eigenvalue weighted by molar-refractivity contribution is 5.55. The van der Waals surface area contributed by atoms with Crippen molar-refractivity contribution in [3.05, 3.63) is 41.0 Å². The fourth-order valence-electron chi connectivity index (χ4n) is 5.15. The highest BCUT2D eigenvalue weighted by atomic mass is 15.3. The Morgan fingerprint density at radius 3 is 2.64 bits per heavy atom. The highest BCUT2D eigenvalue weighted by Crippen LogP contribution is 2.30. The lowest BCUT2D eigenvalue weighted by atomic mass is 9.95. The molecule has 0 spiro atoms. The van der Waals surface area contributed by atoms with Crippen molar-refractivity contribution in [1.82, 2.24) is 25.0 Å². The van der Waals surface area contributed by atoms with Crippen LogP contribution in [-0.4, -0.2) is 52.4 Å². The molecule has 3 aliphatic rings. The van der Waals surface area contributed by atoms with Gasteiger partial charge in [-0.2, -0.15) is 0 Å². The average Bonchev–Trinajstić information content (AvgIpc) is 3.39. The third kappa shape index (κ3) is 3.55. The van der Waals surface area contributed by atoms with Crippen LogP contribution < -0.4 is 10.2 Å². The highest BCUT2D eigenvalue weighted by Gasteiger charge is 2.27. The number of likely N-dealkylation sites (tertiary alicyclic amines) is 1. The summed E-state index contributed by atoms with van der Waals surface area (Å²) in [5, 5.41) is 12.3. The van der Waals surface area contributed by atoms with E-state index >= 15 is 0 Å². The lowest BCUT2D eigenvalue weighted by Crippen LogP contribution is -2.34. The maximum absolute atomic E-state index is 4.54. The lowest BCUT2D eigenvalue weighted by Gasteiger charge is -2.32. The molecule has 1 aromatic carbocycles. The molecule has 0 unspecified atom stereocenters. The quantitative estimate of drug-likeness (QED) is 0.884. The van der Waals surface area contributed by atoms with E-state index in [4.69, 9.17) is 0 Å². The number of aromatic nitrogens is 3. The molecule has 2 fully saturated rings. The molecule has 0 amide bonds. The third-order valence-electron chi connectivity index (χ3n) is 6.72. The summed E-state index contributed by atoms with van der Waals surface area (Å²) in [5.74, 6) is 2.90. The second-order valence-corrected chi connectivity index (χ2v) is 8.67. The minimum atomic E-state index is 0.565. The van der Waals surface area contributed by atoms with Crippen molar-refractivity contribution >= 4 is 5.69 Å². The van der Waals surface area contributed by atoms with Crippen molar-refractivity contribution in [2.75, 3.05) is 37.6 Å². The Hall–Kier alpha value is -1.92. The van der Waals surface area contributed by atoms with Crippen LogP contribution >= 0.6 is 0 Å². The molecule has 3 aliphatic heterocycles. The van der Waals surface area contributed by atoms with Gasteiger partial charge in [-0.1, -0.05) is 12.1 Å². The first kappa shape index (κ1) is 18.1. The van der Waals surface area contributed by atoms with E-state index in [9.17, 15) is 0 Å². The number of aryl methyl sites for hydroxylation is 1. The van der Waals surface area contributed by atoms with Crippen LogP contribution in [0, 0.1) is 6.92 Å². The lowest BCUT2D eigenvalue weighted by molar-refractivity contribution is 0.199. The number of nitrogens with zero attached hydrogens (tertiary/aromatic N) is 5. The Morgan fingerprint density at radius 2 is 1.86 bits per heavy atom. The van der Waals surface area contributed by atoms with Crippen LogP contribution in [0.4, 0.5) is 5.69 Å². The van der Waals surface area contributed by atoms with Crippen molar-refractivity contribution in [2.24, 2.45) is 0 Å². The average molecular weight is 381 g/mol. The number of benzene rings is 1. The molecule has 0 radical (unpaired) electrons. The van der Waals surface area contributed by atoms with E-state index in [1.807, 2.05) is 0 Å². The Kier molecular flexibility index (Phi) is 5.07. The topological polar surface area (TPSA) is 49.2 Å². The van der Waals surface area contributed by atoms with Crippen molar-refractivity contribution in [3.8, 4) is 0 Å². The minimum Gasteiger partial charge on any atom is -0.371 e. The molecule has 5 rings (SSSR count). The van der Waals surface area contributed by atoms with Crippen LogP contribution in [0.5, 0.6) is 0 Å². The number of nitrogens with one attached hydrogen (secondary N) is 1. The molecule has 0 atom stereocenters. The van der Waals surface area contributed by atoms with E-state index in [-0.39, 0.29) is 0 Å². The molecule has 28 heavy (non-hydrogen) atoms. The Morgan fingerprint density at radius 1 is 1.04 bits per heavy atom. The van der Waals surface area contributed by atoms with E-state index < -0.39 is 0 Å². The van der Waals surface area contributed by atoms with Gasteiger partial charge in [0.25, 0.3) is 0 Å². The molecular formula is C22H32N6. The number of piperidine rings is 1. The number of rotatable bonds is 4. The number of fused-ring (bicyclic) bond motifs is 1. The zero-order valence-electron chi connectivity index (χ0n) is 17.0. The molecule has 1 aromatic heterocycles. The van der Waals surface area contributed by atoms with Gasteiger partial charge in [-0.05, 0) is 62.9 Å². The summed E-state index contributed by atoms with van der Waals surface area (Å²) in [5.41, 5.74) is 4.31. The smallest absolute Gasteiger partial charge is 0.147 e. The van der Waals surface area contributed by atoms with Crippen molar-refractivity contribution in [1.29, 1.82) is 0 Å². The van der Waals surface area contributed by atoms with E-state index in [1.165, 1.54) is 61.4 Å². The van der Waals surface area contributed by atoms with E-state index in [0.717, 1.165) is 45.1 Å². The van der Waals surface area contributed by atoms with Gasteiger partial charge in [0, 0.05) is 44.3 Å². The summed E-state index contributed by atoms with van der Waals surface area (Å²) in [6.45, 7) is 11.0. The molecule has 0 saturated carbocycles. The van der Waals surface area contributed by atoms with Crippen LogP contribution in [0.25, 0.3) is 0 Å². The Balaban J connectivity index is 1.19. The summed E-state index contributed by atoms with van der Waals surface area (Å²) >= 11 is 0. The maximum atomic E-state index is 4.54. The predicted molar refractivity (Wildman–Crippen MR) is 112 cm³/mol. The van der Waals surface area contributed by atoms with E-state index in [1.54, 1.807) is 0 Å². The molecule has 1 N–H and O–H groups in total. The summed E-state index contributed by atoms with van der Waals surface area (Å²) in [6, 6.07) is 7.09. The van der Waals surface area contributed by atoms with Gasteiger partial charge in [0.15, 0.2) is 0 Å². The number of anilines is 1. The monoisotopic (exact) mass is 380 g/mol. The van der Waals surface area contributed by atoms with Gasteiger partial charge in [0.05, 0.1) is 6.54 Å². The zero-order valence-corrected chi connectivity index (χ0v) is 17.0. The van der Waals surface area contributed by atoms with Crippen molar-refractivity contribution in [3.63, 3.8) is 0 Å². The second kappa shape index (κ2) is 7.84. The minimum absolute atomic E-state index is 0.565. The number of hydrogen-bond acceptors (Lipinski definition) is 5. The Bertz CT molecular complexity index is 814. The molecule has 2 saturated heterocycles. The molecule has 0 aliphatic carbocycles. The van der Waals surface area contributed by atoms with Gasteiger partial charge in [0.2, 0.25) is 0 Å². The van der Waals surface area contributed by atoms with Gasteiger partial charge in [-0.3, -0.25) is 4.90 Å². The summed E-state index contributed by atoms with van der Waals surface area (Å²) in [4.78, 5) is 5.15. The largest absolute Gasteiger partial charge is 0.371 e. The molecule has 6 heteroatoms. The van der Waals surface area contributed by atoms with Gasteiger partial charge in [-0.25, -0.2) is 0 Å². The van der Waals surface area contributed by atoms with E-state index in [2.05, 4.69) is 55.0 Å². The van der Waals surface area contributed by atoms with Crippen molar-refractivity contribution in [2.45, 2.75) is 58.2 Å². The summed E-state index contributed by atoms with van der Waals surface area (Å²) in [6.07, 6.45) is 5.05. The fraction of sp³-hybridized carbons (Fsp3) is 0.636. The zero-order chi connectivity index (χ0) is 18.9. The van der Waals surface area contributed by atoms with Gasteiger partial charge in [0.1, 0.15) is 11.6 Å². The van der Waals surface area contributed by atoms with E-state index in [0.29, 0.717) is 5.92 Å². The first-order valence-corrected chi connectivity index (χ1v) is 11.0. The number of hydrogen-bond donors (Lipinski definition) is 1. The second-order valence-electron chi connectivity index (χ2n) is 8.67. The molecule has 0 bridgehead atoms. The molecule has 150 valence electrons. The molecule has 2 aromatic rings. The fourth-order valence-corrected chi connectivity index (χ4v) is 5.15. The summed E-state index contributed by atoms with van der Waals surface area (Å²) < 4.78 is 2.36. The van der Waals surface area contributed by atoms with Gasteiger partial charge >= 0.3 is 0 Å². The SMILES string of the molecule is Cc1cc(CN2CCC(c3nnc4n3CCNC4)CC2)ccc1N1CCCC1. The van der Waals surface area contributed by atoms with Crippen LogP contribution in [-0.2, 0) is 19.6 Å². The van der Waals surface area contributed by atoms with Crippen LogP contribution in [0.3, 0.4) is 0 Å². The Labute approximate surface area is 167 Å². The van der Waals surface area contributed by atoms with Crippen LogP contribution in [0.1, 0.15) is 54.4 Å². The van der Waals surface area contributed by atoms with Gasteiger partial charge in [-0.15, -0.1) is 10.2 Å². The third-order valence-corrected chi connectivity index (χ3v) is 6.72. The molecule has 6 nitrogen and oxygen atoms in total. The van der Waals surface area contributed by atoms with Gasteiger partial charge < -0.3 is 14.8 Å². The predicted octanol–water partition coefficient (Wildman–Crippen LogP) is 2.67. The maximum Gasteiger partial charge on any atom is 0.147 e. The summed E-state index contributed by atoms with van der Waals surface area (Å²) in [7, 11) is 0. The van der Waals surface area contributed by atoms with Crippen LogP contribution in [0.2, 0.25) is 0 Å². The van der Waals surface area contributed by atoms with Crippen LogP contribution in [0.15, 0.2) is 18.2 Å². The standard InChI is InChI=1S/C22H32N6/c1-17-14-18(4-5-20(17)27-9-2-3-10-27)16-26-11-6-19(7-12-26)22-25-24-21-15-23-8-13-28(21)22/h4-5,14,19,23H,2-3,6-13,15-16H2,1H3. The first-order chi connectivity index (χ1) is 13.8. The normalized spacial score (nSPS) is 21.2. The van der Waals surface area contributed by atoms with Crippen molar-refractivity contribution < 1.29 is 0 Å². The molecule has 4 heterocycles.